The van der Waals surface area contributed by atoms with Crippen molar-refractivity contribution in [2.75, 3.05) is 24.2 Å². The first-order valence-corrected chi connectivity index (χ1v) is 16.8. The molecule has 45 heavy (non-hydrogen) atoms. The Morgan fingerprint density at radius 1 is 0.889 bits per heavy atom. The Kier molecular flexibility index (Phi) is 13.8. The lowest BCUT2D eigenvalue weighted by Gasteiger charge is -2.26. The zero-order valence-electron chi connectivity index (χ0n) is 26.5. The Bertz CT molecular complexity index is 1610. The molecule has 2 amide bonds. The van der Waals surface area contributed by atoms with Crippen LogP contribution in [0.2, 0.25) is 0 Å². The van der Waals surface area contributed by atoms with Crippen molar-refractivity contribution in [2.24, 2.45) is 0 Å². The van der Waals surface area contributed by atoms with E-state index >= 15 is 0 Å². The van der Waals surface area contributed by atoms with Gasteiger partial charge in [0.2, 0.25) is 16.4 Å². The van der Waals surface area contributed by atoms with E-state index in [4.69, 9.17) is 0 Å². The summed E-state index contributed by atoms with van der Waals surface area (Å²) < 4.78 is 24.7. The number of rotatable bonds is 9. The highest BCUT2D eigenvalue weighted by Gasteiger charge is 2.18. The molecule has 4 aromatic carbocycles. The molecule has 0 bridgehead atoms. The number of aryl methyl sites for hydroxylation is 2. The lowest BCUT2D eigenvalue weighted by atomic mass is 9.94. The summed E-state index contributed by atoms with van der Waals surface area (Å²) in [5.41, 5.74) is 6.93. The number of sulfonamides is 1. The molecule has 8 nitrogen and oxygen atoms in total. The van der Waals surface area contributed by atoms with E-state index in [9.17, 15) is 18.0 Å². The van der Waals surface area contributed by atoms with Gasteiger partial charge in [-0.25, -0.2) is 8.42 Å². The largest absolute Gasteiger partial charge is 0.355 e. The summed E-state index contributed by atoms with van der Waals surface area (Å²) >= 11 is 0. The Hall–Kier alpha value is -4.47. The van der Waals surface area contributed by atoms with Gasteiger partial charge in [0.05, 0.1) is 11.9 Å². The van der Waals surface area contributed by atoms with E-state index in [0.29, 0.717) is 36.8 Å². The number of nitrogens with one attached hydrogen (secondary N) is 3. The van der Waals surface area contributed by atoms with E-state index < -0.39 is 10.0 Å². The van der Waals surface area contributed by atoms with E-state index in [-0.39, 0.29) is 5.91 Å². The number of fused-ring (bicyclic) bond motifs is 1. The van der Waals surface area contributed by atoms with Gasteiger partial charge in [-0.15, -0.1) is 0 Å². The van der Waals surface area contributed by atoms with Crippen LogP contribution in [0.3, 0.4) is 0 Å². The van der Waals surface area contributed by atoms with E-state index in [1.54, 1.807) is 18.2 Å². The number of hydrogen-bond donors (Lipinski definition) is 3. The quantitative estimate of drug-likeness (QED) is 0.222. The second kappa shape index (κ2) is 17.7. The minimum atomic E-state index is -3.38. The number of carbonyl (C=O) groups excluding carboxylic acids is 2. The number of hydrogen-bond acceptors (Lipinski definition) is 5. The van der Waals surface area contributed by atoms with Crippen LogP contribution in [0.1, 0.15) is 44.6 Å². The summed E-state index contributed by atoms with van der Waals surface area (Å²) in [5.74, 6) is -0.192. The van der Waals surface area contributed by atoms with Crippen molar-refractivity contribution in [3.8, 4) is 0 Å². The van der Waals surface area contributed by atoms with Gasteiger partial charge in [0.1, 0.15) is 0 Å². The summed E-state index contributed by atoms with van der Waals surface area (Å²) in [6.45, 7) is 5.96. The van der Waals surface area contributed by atoms with Crippen molar-refractivity contribution in [1.82, 2.24) is 16.0 Å². The number of anilines is 1. The lowest BCUT2D eigenvalue weighted by molar-refractivity contribution is -0.109. The minimum Gasteiger partial charge on any atom is -0.355 e. The Morgan fingerprint density at radius 2 is 1.51 bits per heavy atom. The highest BCUT2D eigenvalue weighted by molar-refractivity contribution is 7.92. The molecular weight excluding hydrogens is 584 g/mol. The summed E-state index contributed by atoms with van der Waals surface area (Å²) in [5, 5.41) is 9.05. The highest BCUT2D eigenvalue weighted by atomic mass is 32.2. The molecule has 238 valence electrons. The van der Waals surface area contributed by atoms with Crippen LogP contribution in [0.15, 0.2) is 103 Å². The van der Waals surface area contributed by atoms with Gasteiger partial charge in [-0.1, -0.05) is 90.5 Å². The fraction of sp³-hybridized carbons (Fsp3) is 0.278. The van der Waals surface area contributed by atoms with Crippen LogP contribution in [0.25, 0.3) is 0 Å². The topological polar surface area (TPSA) is 108 Å². The van der Waals surface area contributed by atoms with Gasteiger partial charge in [0.15, 0.2) is 0 Å². The third-order valence-electron chi connectivity index (χ3n) is 7.30. The predicted molar refractivity (Wildman–Crippen MR) is 183 cm³/mol. The molecule has 9 heteroatoms. The van der Waals surface area contributed by atoms with Crippen LogP contribution in [0.5, 0.6) is 0 Å². The van der Waals surface area contributed by atoms with Gasteiger partial charge in [-0.05, 0) is 67.1 Å². The summed E-state index contributed by atoms with van der Waals surface area (Å²) in [7, 11) is -1.89. The Labute approximate surface area is 267 Å². The van der Waals surface area contributed by atoms with Gasteiger partial charge in [0, 0.05) is 38.3 Å². The molecule has 0 fully saturated rings. The third kappa shape index (κ3) is 12.2. The average molecular weight is 629 g/mol. The summed E-state index contributed by atoms with van der Waals surface area (Å²) in [4.78, 5) is 22.4. The van der Waals surface area contributed by atoms with Crippen molar-refractivity contribution in [2.45, 2.75) is 45.8 Å². The molecule has 0 saturated carbocycles. The van der Waals surface area contributed by atoms with Crippen molar-refractivity contribution < 1.29 is 18.0 Å². The fourth-order valence-corrected chi connectivity index (χ4v) is 5.23. The average Bonchev–Trinajstić information content (AvgIpc) is 3.04. The van der Waals surface area contributed by atoms with E-state index in [1.807, 2.05) is 55.5 Å². The fourth-order valence-electron chi connectivity index (χ4n) is 4.74. The first kappa shape index (κ1) is 35.0. The van der Waals surface area contributed by atoms with Crippen molar-refractivity contribution in [3.05, 3.63) is 137 Å². The van der Waals surface area contributed by atoms with Gasteiger partial charge in [-0.3, -0.25) is 13.9 Å². The zero-order chi connectivity index (χ0) is 32.7. The normalized spacial score (nSPS) is 13.5. The SMILES string of the molecule is Cc1cc(C(=O)NCCC2Cc3ccccc3CN2)cc(N(C)S(C)(=O)=O)c1.Cc1ccccc1.O=CNCc1ccccc1. The van der Waals surface area contributed by atoms with Crippen LogP contribution in [0, 0.1) is 13.8 Å². The van der Waals surface area contributed by atoms with E-state index in [1.165, 1.54) is 28.0 Å². The van der Waals surface area contributed by atoms with Crippen LogP contribution >= 0.6 is 0 Å². The van der Waals surface area contributed by atoms with E-state index in [0.717, 1.165) is 36.8 Å². The third-order valence-corrected chi connectivity index (χ3v) is 8.51. The maximum absolute atomic E-state index is 12.6. The van der Waals surface area contributed by atoms with Crippen LogP contribution in [-0.4, -0.2) is 46.6 Å². The molecule has 0 radical (unpaired) electrons. The maximum atomic E-state index is 12.6. The van der Waals surface area contributed by atoms with Crippen molar-refractivity contribution in [3.63, 3.8) is 0 Å². The first-order chi connectivity index (χ1) is 21.6. The summed E-state index contributed by atoms with van der Waals surface area (Å²) in [6, 6.07) is 33.9. The smallest absolute Gasteiger partial charge is 0.251 e. The van der Waals surface area contributed by atoms with Crippen molar-refractivity contribution in [1.29, 1.82) is 0 Å². The molecule has 4 aromatic rings. The van der Waals surface area contributed by atoms with Gasteiger partial charge in [0.25, 0.3) is 5.91 Å². The molecule has 1 aliphatic rings. The first-order valence-electron chi connectivity index (χ1n) is 14.9. The zero-order valence-corrected chi connectivity index (χ0v) is 27.3. The molecule has 1 heterocycles. The molecule has 1 unspecified atom stereocenters. The molecule has 3 N–H and O–H groups in total. The van der Waals surface area contributed by atoms with Gasteiger partial charge < -0.3 is 16.0 Å². The maximum Gasteiger partial charge on any atom is 0.251 e. The molecule has 0 aromatic heterocycles. The van der Waals surface area contributed by atoms with Crippen LogP contribution in [-0.2, 0) is 34.3 Å². The number of amides is 2. The molecule has 0 aliphatic carbocycles. The molecular formula is C36H44N4O4S. The van der Waals surface area contributed by atoms with E-state index in [2.05, 4.69) is 59.3 Å². The van der Waals surface area contributed by atoms with Crippen molar-refractivity contribution >= 4 is 28.0 Å². The number of benzene rings is 4. The summed E-state index contributed by atoms with van der Waals surface area (Å²) in [6.07, 6.45) is 3.64. The second-order valence-corrected chi connectivity index (χ2v) is 13.0. The minimum absolute atomic E-state index is 0.192. The second-order valence-electron chi connectivity index (χ2n) is 11.0. The molecule has 0 saturated heterocycles. The van der Waals surface area contributed by atoms with Gasteiger partial charge >= 0.3 is 0 Å². The molecule has 0 spiro atoms. The molecule has 1 atom stereocenters. The monoisotopic (exact) mass is 628 g/mol. The molecule has 5 rings (SSSR count). The Balaban J connectivity index is 0.000000263. The standard InChI is InChI=1S/C21H27N3O3S.C8H9NO.C7H8/c1-15-10-18(13-20(11-15)24(2)28(3,26)27)21(25)22-9-8-19-12-16-6-4-5-7-17(16)14-23-19;10-7-9-6-8-4-2-1-3-5-8;1-7-5-3-2-4-6-7/h4-7,10-11,13,19,23H,8-9,12,14H2,1-3H3,(H,22,25);1-5,7H,6H2,(H,9,10);2-6H,1H3. The number of nitrogens with zero attached hydrogens (tertiary/aromatic N) is 1. The molecule has 1 aliphatic heterocycles. The highest BCUT2D eigenvalue weighted by Crippen LogP contribution is 2.21. The van der Waals surface area contributed by atoms with Gasteiger partial charge in [-0.2, -0.15) is 0 Å². The predicted octanol–water partition coefficient (Wildman–Crippen LogP) is 5.15. The van der Waals surface area contributed by atoms with Crippen LogP contribution < -0.4 is 20.3 Å². The lowest BCUT2D eigenvalue weighted by Crippen LogP contribution is -2.38. The van der Waals surface area contributed by atoms with Crippen LogP contribution in [0.4, 0.5) is 5.69 Å². The number of carbonyl (C=O) groups is 2. The Morgan fingerprint density at radius 3 is 2.11 bits per heavy atom.